The van der Waals surface area contributed by atoms with Crippen LogP contribution in [0.4, 0.5) is 0 Å². The standard InChI is InChI=1S/C17H28NO2P/c1-14(15-10-8-7-9-11-15)21(19)18(16(2,3)4)13-12-17(5,6)20-21/h7-11,14H,12-13H2,1-6H3. The maximum Gasteiger partial charge on any atom is 0.280 e. The lowest BCUT2D eigenvalue weighted by atomic mass is 10.0. The van der Waals surface area contributed by atoms with Crippen LogP contribution in [0.25, 0.3) is 0 Å². The quantitative estimate of drug-likeness (QED) is 0.700. The lowest BCUT2D eigenvalue weighted by Crippen LogP contribution is -2.48. The van der Waals surface area contributed by atoms with Gasteiger partial charge in [-0.1, -0.05) is 30.3 Å². The van der Waals surface area contributed by atoms with Gasteiger partial charge in [0, 0.05) is 12.1 Å². The highest BCUT2D eigenvalue weighted by molar-refractivity contribution is 7.57. The first-order chi connectivity index (χ1) is 9.56. The normalized spacial score (nSPS) is 28.3. The molecule has 0 radical (unpaired) electrons. The summed E-state index contributed by atoms with van der Waals surface area (Å²) in [6, 6.07) is 10.1. The molecule has 0 aromatic heterocycles. The zero-order valence-corrected chi connectivity index (χ0v) is 15.0. The van der Waals surface area contributed by atoms with E-state index in [-0.39, 0.29) is 16.8 Å². The Kier molecular flexibility index (Phi) is 4.41. The third kappa shape index (κ3) is 3.41. The predicted octanol–water partition coefficient (Wildman–Crippen LogP) is 5.24. The monoisotopic (exact) mass is 309 g/mol. The molecule has 1 heterocycles. The third-order valence-electron chi connectivity index (χ3n) is 4.19. The molecule has 0 spiro atoms. The Balaban J connectivity index is 2.44. The lowest BCUT2D eigenvalue weighted by molar-refractivity contribution is 0.0284. The van der Waals surface area contributed by atoms with Gasteiger partial charge in [-0.15, -0.1) is 0 Å². The Morgan fingerprint density at radius 3 is 2.33 bits per heavy atom. The molecular formula is C17H28NO2P. The molecule has 4 heteroatoms. The van der Waals surface area contributed by atoms with Crippen molar-refractivity contribution in [2.75, 3.05) is 6.54 Å². The second kappa shape index (κ2) is 5.53. The summed E-state index contributed by atoms with van der Waals surface area (Å²) in [5.74, 6) is 0. The summed E-state index contributed by atoms with van der Waals surface area (Å²) < 4.78 is 22.1. The summed E-state index contributed by atoms with van der Waals surface area (Å²) in [7, 11) is -2.95. The highest BCUT2D eigenvalue weighted by atomic mass is 31.2. The number of rotatable bonds is 2. The number of hydrogen-bond donors (Lipinski definition) is 0. The molecule has 1 aromatic carbocycles. The lowest BCUT2D eigenvalue weighted by Gasteiger charge is -2.50. The molecule has 118 valence electrons. The Morgan fingerprint density at radius 2 is 1.81 bits per heavy atom. The molecule has 1 saturated heterocycles. The fraction of sp³-hybridized carbons (Fsp3) is 0.647. The Morgan fingerprint density at radius 1 is 1.24 bits per heavy atom. The Labute approximate surface area is 129 Å². The fourth-order valence-corrected chi connectivity index (χ4v) is 6.16. The molecule has 0 bridgehead atoms. The largest absolute Gasteiger partial charge is 0.311 e. The first-order valence-corrected chi connectivity index (χ1v) is 9.34. The van der Waals surface area contributed by atoms with Crippen LogP contribution in [0, 0.1) is 0 Å². The molecule has 1 fully saturated rings. The predicted molar refractivity (Wildman–Crippen MR) is 88.7 cm³/mol. The van der Waals surface area contributed by atoms with Crippen LogP contribution >= 0.6 is 7.52 Å². The molecule has 1 aliphatic heterocycles. The van der Waals surface area contributed by atoms with Crippen molar-refractivity contribution in [3.05, 3.63) is 35.9 Å². The van der Waals surface area contributed by atoms with E-state index in [1.807, 2.05) is 51.1 Å². The van der Waals surface area contributed by atoms with Gasteiger partial charge >= 0.3 is 0 Å². The van der Waals surface area contributed by atoms with Crippen molar-refractivity contribution in [1.29, 1.82) is 0 Å². The summed E-state index contributed by atoms with van der Waals surface area (Å²) in [5, 5.41) is 0. The van der Waals surface area contributed by atoms with Crippen molar-refractivity contribution >= 4 is 7.52 Å². The van der Waals surface area contributed by atoms with Gasteiger partial charge < -0.3 is 4.52 Å². The number of nitrogens with zero attached hydrogens (tertiary/aromatic N) is 1. The second-order valence-corrected chi connectivity index (χ2v) is 10.1. The average molecular weight is 309 g/mol. The van der Waals surface area contributed by atoms with Crippen molar-refractivity contribution in [3.63, 3.8) is 0 Å². The molecular weight excluding hydrogens is 281 g/mol. The topological polar surface area (TPSA) is 29.5 Å². The van der Waals surface area contributed by atoms with Crippen molar-refractivity contribution in [3.8, 4) is 0 Å². The molecule has 0 aliphatic carbocycles. The van der Waals surface area contributed by atoms with Crippen LogP contribution in [0.15, 0.2) is 30.3 Å². The van der Waals surface area contributed by atoms with E-state index in [2.05, 4.69) is 25.4 Å². The molecule has 0 amide bonds. The van der Waals surface area contributed by atoms with Gasteiger partial charge in [0.1, 0.15) is 0 Å². The number of benzene rings is 1. The van der Waals surface area contributed by atoms with Gasteiger partial charge in [0.15, 0.2) is 0 Å². The minimum atomic E-state index is -2.95. The van der Waals surface area contributed by atoms with Crippen LogP contribution in [0.1, 0.15) is 59.2 Å². The van der Waals surface area contributed by atoms with Gasteiger partial charge in [0.25, 0.3) is 7.52 Å². The maximum atomic E-state index is 13.8. The molecule has 2 atom stereocenters. The Bertz CT molecular complexity index is 533. The molecule has 1 aromatic rings. The van der Waals surface area contributed by atoms with Gasteiger partial charge in [-0.2, -0.15) is 0 Å². The summed E-state index contributed by atoms with van der Waals surface area (Å²) in [6.45, 7) is 13.2. The smallest absolute Gasteiger partial charge is 0.280 e. The van der Waals surface area contributed by atoms with Crippen LogP contribution in [0.2, 0.25) is 0 Å². The average Bonchev–Trinajstić information content (AvgIpc) is 2.36. The highest BCUT2D eigenvalue weighted by Gasteiger charge is 2.50. The maximum absolute atomic E-state index is 13.8. The first-order valence-electron chi connectivity index (χ1n) is 7.70. The van der Waals surface area contributed by atoms with Crippen LogP contribution in [0.3, 0.4) is 0 Å². The minimum Gasteiger partial charge on any atom is -0.311 e. The van der Waals surface area contributed by atoms with Gasteiger partial charge in [-0.25, -0.2) is 4.67 Å². The van der Waals surface area contributed by atoms with E-state index < -0.39 is 7.52 Å². The Hall–Kier alpha value is -0.630. The van der Waals surface area contributed by atoms with Gasteiger partial charge in [-0.05, 0) is 53.5 Å². The SMILES string of the molecule is CC(c1ccccc1)P1(=O)OC(C)(C)CCN1C(C)(C)C. The van der Waals surface area contributed by atoms with E-state index in [0.29, 0.717) is 0 Å². The molecule has 0 saturated carbocycles. The van der Waals surface area contributed by atoms with Crippen LogP contribution < -0.4 is 0 Å². The molecule has 1 aliphatic rings. The first kappa shape index (κ1) is 16.7. The van der Waals surface area contributed by atoms with E-state index >= 15 is 0 Å². The summed E-state index contributed by atoms with van der Waals surface area (Å²) >= 11 is 0. The number of hydrogen-bond acceptors (Lipinski definition) is 2. The third-order valence-corrected chi connectivity index (χ3v) is 7.69. The van der Waals surface area contributed by atoms with Crippen LogP contribution in [0.5, 0.6) is 0 Å². The van der Waals surface area contributed by atoms with E-state index in [1.54, 1.807) is 0 Å². The zero-order valence-electron chi connectivity index (χ0n) is 14.1. The summed E-state index contributed by atoms with van der Waals surface area (Å²) in [6.07, 6.45) is 0.899. The van der Waals surface area contributed by atoms with Gasteiger partial charge in [-0.3, -0.25) is 4.57 Å². The van der Waals surface area contributed by atoms with Crippen molar-refractivity contribution in [2.24, 2.45) is 0 Å². The van der Waals surface area contributed by atoms with Crippen LogP contribution in [-0.4, -0.2) is 22.4 Å². The van der Waals surface area contributed by atoms with E-state index in [4.69, 9.17) is 4.52 Å². The fourth-order valence-electron chi connectivity index (χ4n) is 2.93. The minimum absolute atomic E-state index is 0.127. The highest BCUT2D eigenvalue weighted by Crippen LogP contribution is 2.68. The van der Waals surface area contributed by atoms with Crippen molar-refractivity contribution < 1.29 is 9.09 Å². The summed E-state index contributed by atoms with van der Waals surface area (Å²) in [4.78, 5) is 0. The molecule has 21 heavy (non-hydrogen) atoms. The zero-order chi connectivity index (χ0) is 15.9. The van der Waals surface area contributed by atoms with E-state index in [0.717, 1.165) is 18.5 Å². The van der Waals surface area contributed by atoms with Crippen LogP contribution in [-0.2, 0) is 9.09 Å². The van der Waals surface area contributed by atoms with E-state index in [9.17, 15) is 4.57 Å². The summed E-state index contributed by atoms with van der Waals surface area (Å²) in [5.41, 5.74) is 0.445. The van der Waals surface area contributed by atoms with E-state index in [1.165, 1.54) is 0 Å². The van der Waals surface area contributed by atoms with Crippen molar-refractivity contribution in [1.82, 2.24) is 4.67 Å². The van der Waals surface area contributed by atoms with Crippen molar-refractivity contribution in [2.45, 2.75) is 64.8 Å². The second-order valence-electron chi connectivity index (χ2n) is 7.55. The molecule has 3 nitrogen and oxygen atoms in total. The molecule has 2 unspecified atom stereocenters. The molecule has 0 N–H and O–H groups in total. The van der Waals surface area contributed by atoms with Gasteiger partial charge in [0.2, 0.25) is 0 Å². The molecule has 2 rings (SSSR count). The van der Waals surface area contributed by atoms with Gasteiger partial charge in [0.05, 0.1) is 11.3 Å².